The van der Waals surface area contributed by atoms with Gasteiger partial charge < -0.3 is 5.11 Å². The number of carbonyl (C=O) groups is 1. The van der Waals surface area contributed by atoms with Gasteiger partial charge in [0.1, 0.15) is 17.7 Å². The Bertz CT molecular complexity index is 377. The molecule has 1 unspecified atom stereocenters. The second kappa shape index (κ2) is 5.77. The Labute approximate surface area is 101 Å². The minimum atomic E-state index is -0.904. The Hall–Kier alpha value is -1.43. The molecule has 0 aliphatic heterocycles. The summed E-state index contributed by atoms with van der Waals surface area (Å²) >= 11 is 0. The van der Waals surface area contributed by atoms with Crippen LogP contribution in [0.25, 0.3) is 0 Å². The lowest BCUT2D eigenvalue weighted by atomic mass is 9.96. The van der Waals surface area contributed by atoms with E-state index in [1.807, 2.05) is 13.8 Å². The number of hydrogen-bond acceptors (Lipinski definition) is 4. The fourth-order valence-electron chi connectivity index (χ4n) is 1.73. The topological polar surface area (TPSA) is 80.0 Å². The highest BCUT2D eigenvalue weighted by molar-refractivity contribution is 5.78. The van der Waals surface area contributed by atoms with Crippen molar-refractivity contribution in [2.24, 2.45) is 0 Å². The minimum Gasteiger partial charge on any atom is -0.480 e. The maximum atomic E-state index is 11.2. The number of carboxylic acids is 1. The number of aryl methyl sites for hydroxylation is 1. The number of aromatic nitrogens is 3. The van der Waals surface area contributed by atoms with Gasteiger partial charge in [0.05, 0.1) is 6.54 Å². The first-order valence-corrected chi connectivity index (χ1v) is 5.88. The zero-order valence-electron chi connectivity index (χ0n) is 10.6. The quantitative estimate of drug-likeness (QED) is 0.744. The summed E-state index contributed by atoms with van der Waals surface area (Å²) in [5, 5.41) is 16.3. The molecule has 0 radical (unpaired) electrons. The fraction of sp³-hybridized carbons (Fsp3) is 0.727. The third kappa shape index (κ3) is 3.26. The van der Waals surface area contributed by atoms with Gasteiger partial charge in [-0.25, -0.2) is 9.67 Å². The Morgan fingerprint density at radius 1 is 1.59 bits per heavy atom. The van der Waals surface area contributed by atoms with Crippen LogP contribution in [0.3, 0.4) is 0 Å². The lowest BCUT2D eigenvalue weighted by molar-refractivity contribution is -0.144. The summed E-state index contributed by atoms with van der Waals surface area (Å²) in [5.41, 5.74) is -0.904. The predicted molar refractivity (Wildman–Crippen MR) is 63.5 cm³/mol. The standard InChI is InChI=1S/C11H20N4O2/c1-4-6-11(3,10(16)17)13-7-9-12-8-14-15(9)5-2/h8,13H,4-7H2,1-3H3,(H,16,17). The smallest absolute Gasteiger partial charge is 0.323 e. The first-order valence-electron chi connectivity index (χ1n) is 5.88. The average molecular weight is 240 g/mol. The molecule has 0 amide bonds. The van der Waals surface area contributed by atoms with Crippen LogP contribution in [-0.2, 0) is 17.9 Å². The molecule has 0 fully saturated rings. The van der Waals surface area contributed by atoms with Gasteiger partial charge in [-0.2, -0.15) is 5.10 Å². The summed E-state index contributed by atoms with van der Waals surface area (Å²) in [4.78, 5) is 15.3. The molecule has 96 valence electrons. The predicted octanol–water partition coefficient (Wildman–Crippen LogP) is 1.03. The van der Waals surface area contributed by atoms with Crippen LogP contribution in [0.2, 0.25) is 0 Å². The van der Waals surface area contributed by atoms with E-state index in [0.717, 1.165) is 18.8 Å². The summed E-state index contributed by atoms with van der Waals surface area (Å²) < 4.78 is 1.75. The third-order valence-electron chi connectivity index (χ3n) is 2.85. The van der Waals surface area contributed by atoms with Crippen LogP contribution in [0.1, 0.15) is 39.4 Å². The van der Waals surface area contributed by atoms with Gasteiger partial charge in [-0.3, -0.25) is 10.1 Å². The number of carboxylic acid groups (broad SMARTS) is 1. The van der Waals surface area contributed by atoms with Crippen molar-refractivity contribution in [3.8, 4) is 0 Å². The summed E-state index contributed by atoms with van der Waals surface area (Å²) in [6, 6.07) is 0. The Kier molecular flexibility index (Phi) is 4.62. The molecule has 1 heterocycles. The van der Waals surface area contributed by atoms with Gasteiger partial charge in [0.15, 0.2) is 0 Å². The van der Waals surface area contributed by atoms with Gasteiger partial charge in [-0.05, 0) is 20.3 Å². The molecule has 1 rings (SSSR count). The van der Waals surface area contributed by atoms with Gasteiger partial charge in [-0.1, -0.05) is 13.3 Å². The molecule has 6 nitrogen and oxygen atoms in total. The Morgan fingerprint density at radius 2 is 2.29 bits per heavy atom. The second-order valence-corrected chi connectivity index (χ2v) is 4.23. The summed E-state index contributed by atoms with van der Waals surface area (Å²) in [6.07, 6.45) is 2.89. The second-order valence-electron chi connectivity index (χ2n) is 4.23. The number of nitrogens with one attached hydrogen (secondary N) is 1. The van der Waals surface area contributed by atoms with E-state index in [1.54, 1.807) is 11.6 Å². The molecule has 1 atom stereocenters. The fourth-order valence-corrected chi connectivity index (χ4v) is 1.73. The Morgan fingerprint density at radius 3 is 2.82 bits per heavy atom. The summed E-state index contributed by atoms with van der Waals surface area (Å²) in [5.74, 6) is -0.0713. The number of aliphatic carboxylic acids is 1. The van der Waals surface area contributed by atoms with Gasteiger partial charge >= 0.3 is 5.97 Å². The molecular formula is C11H20N4O2. The maximum absolute atomic E-state index is 11.2. The first kappa shape index (κ1) is 13.6. The average Bonchev–Trinajstić information content (AvgIpc) is 2.74. The zero-order valence-corrected chi connectivity index (χ0v) is 10.6. The van der Waals surface area contributed by atoms with Gasteiger partial charge in [0, 0.05) is 6.54 Å². The van der Waals surface area contributed by atoms with E-state index in [9.17, 15) is 9.90 Å². The van der Waals surface area contributed by atoms with E-state index < -0.39 is 11.5 Å². The first-order chi connectivity index (χ1) is 8.03. The molecule has 0 aliphatic carbocycles. The van der Waals surface area contributed by atoms with Crippen molar-refractivity contribution in [1.29, 1.82) is 0 Å². The van der Waals surface area contributed by atoms with E-state index in [4.69, 9.17) is 0 Å². The SMILES string of the molecule is CCCC(C)(NCc1ncnn1CC)C(=O)O. The van der Waals surface area contributed by atoms with E-state index in [-0.39, 0.29) is 0 Å². The van der Waals surface area contributed by atoms with Crippen LogP contribution in [0.15, 0.2) is 6.33 Å². The van der Waals surface area contributed by atoms with Crippen molar-refractivity contribution in [3.63, 3.8) is 0 Å². The van der Waals surface area contributed by atoms with Crippen molar-refractivity contribution in [3.05, 3.63) is 12.2 Å². The lowest BCUT2D eigenvalue weighted by Gasteiger charge is -2.25. The molecule has 1 aromatic rings. The highest BCUT2D eigenvalue weighted by atomic mass is 16.4. The molecule has 0 spiro atoms. The van der Waals surface area contributed by atoms with E-state index in [1.165, 1.54) is 6.33 Å². The van der Waals surface area contributed by atoms with Crippen LogP contribution >= 0.6 is 0 Å². The zero-order chi connectivity index (χ0) is 12.9. The van der Waals surface area contributed by atoms with Crippen molar-refractivity contribution < 1.29 is 9.90 Å². The molecule has 0 saturated carbocycles. The number of nitrogens with zero attached hydrogens (tertiary/aromatic N) is 3. The van der Waals surface area contributed by atoms with Crippen molar-refractivity contribution in [2.75, 3.05) is 0 Å². The maximum Gasteiger partial charge on any atom is 0.323 e. The van der Waals surface area contributed by atoms with Crippen LogP contribution in [0, 0.1) is 0 Å². The minimum absolute atomic E-state index is 0.413. The van der Waals surface area contributed by atoms with Crippen molar-refractivity contribution in [2.45, 2.75) is 52.2 Å². The van der Waals surface area contributed by atoms with Crippen LogP contribution in [-0.4, -0.2) is 31.4 Å². The molecule has 6 heteroatoms. The number of rotatable bonds is 7. The summed E-state index contributed by atoms with van der Waals surface area (Å²) in [7, 11) is 0. The van der Waals surface area contributed by atoms with Crippen LogP contribution in [0.5, 0.6) is 0 Å². The highest BCUT2D eigenvalue weighted by Crippen LogP contribution is 2.13. The lowest BCUT2D eigenvalue weighted by Crippen LogP contribution is -2.49. The molecule has 17 heavy (non-hydrogen) atoms. The van der Waals surface area contributed by atoms with E-state index >= 15 is 0 Å². The molecule has 0 saturated heterocycles. The van der Waals surface area contributed by atoms with Crippen molar-refractivity contribution in [1.82, 2.24) is 20.1 Å². The normalized spacial score (nSPS) is 14.5. The van der Waals surface area contributed by atoms with Crippen molar-refractivity contribution >= 4 is 5.97 Å². The molecule has 0 aromatic carbocycles. The highest BCUT2D eigenvalue weighted by Gasteiger charge is 2.31. The molecule has 1 aromatic heterocycles. The van der Waals surface area contributed by atoms with E-state index in [2.05, 4.69) is 15.4 Å². The largest absolute Gasteiger partial charge is 0.480 e. The van der Waals surface area contributed by atoms with Gasteiger partial charge in [0.25, 0.3) is 0 Å². The van der Waals surface area contributed by atoms with E-state index in [0.29, 0.717) is 13.0 Å². The molecule has 0 aliphatic rings. The van der Waals surface area contributed by atoms with Gasteiger partial charge in [0.2, 0.25) is 0 Å². The third-order valence-corrected chi connectivity index (χ3v) is 2.85. The molecule has 0 bridgehead atoms. The molecular weight excluding hydrogens is 220 g/mol. The Balaban J connectivity index is 2.67. The number of hydrogen-bond donors (Lipinski definition) is 2. The monoisotopic (exact) mass is 240 g/mol. The van der Waals surface area contributed by atoms with Crippen LogP contribution in [0.4, 0.5) is 0 Å². The molecule has 2 N–H and O–H groups in total. The van der Waals surface area contributed by atoms with Crippen LogP contribution < -0.4 is 5.32 Å². The van der Waals surface area contributed by atoms with Gasteiger partial charge in [-0.15, -0.1) is 0 Å². The summed E-state index contributed by atoms with van der Waals surface area (Å²) in [6.45, 7) is 6.79.